The zero-order valence-electron chi connectivity index (χ0n) is 10.4. The average molecular weight is 252 g/mol. The van der Waals surface area contributed by atoms with E-state index in [1.165, 1.54) is 0 Å². The highest BCUT2D eigenvalue weighted by Crippen LogP contribution is 2.18. The Bertz CT molecular complexity index is 697. The Balaban J connectivity index is 1.87. The molecular weight excluding hydrogens is 240 g/mol. The van der Waals surface area contributed by atoms with Crippen molar-refractivity contribution >= 4 is 22.5 Å². The number of rotatable bonds is 3. The van der Waals surface area contributed by atoms with Crippen molar-refractivity contribution in [3.05, 3.63) is 48.8 Å². The lowest BCUT2D eigenvalue weighted by molar-refractivity contribution is 0.398. The maximum absolute atomic E-state index is 5.01. The molecule has 0 atom stereocenters. The highest BCUT2D eigenvalue weighted by molar-refractivity contribution is 5.76. The number of pyridine rings is 3. The van der Waals surface area contributed by atoms with Gasteiger partial charge in [0.2, 0.25) is 5.88 Å². The Morgan fingerprint density at radius 2 is 1.95 bits per heavy atom. The van der Waals surface area contributed by atoms with Gasteiger partial charge in [-0.25, -0.2) is 9.97 Å². The van der Waals surface area contributed by atoms with Crippen molar-refractivity contribution in [3.8, 4) is 5.88 Å². The monoisotopic (exact) mass is 252 g/mol. The zero-order valence-corrected chi connectivity index (χ0v) is 10.4. The van der Waals surface area contributed by atoms with E-state index in [4.69, 9.17) is 4.74 Å². The first-order valence-electron chi connectivity index (χ1n) is 5.84. The number of ether oxygens (including phenoxy) is 1. The molecule has 0 aliphatic rings. The van der Waals surface area contributed by atoms with E-state index in [1.54, 1.807) is 25.6 Å². The number of fused-ring (bicyclic) bond motifs is 1. The van der Waals surface area contributed by atoms with Crippen LogP contribution in [0.25, 0.3) is 11.0 Å². The number of hydrogen-bond acceptors (Lipinski definition) is 5. The molecule has 94 valence electrons. The summed E-state index contributed by atoms with van der Waals surface area (Å²) in [6, 6.07) is 11.3. The van der Waals surface area contributed by atoms with Gasteiger partial charge in [0.05, 0.1) is 30.0 Å². The summed E-state index contributed by atoms with van der Waals surface area (Å²) in [6.07, 6.45) is 3.46. The molecular formula is C14H12N4O. The minimum Gasteiger partial charge on any atom is -0.481 e. The van der Waals surface area contributed by atoms with Crippen LogP contribution in [0.15, 0.2) is 48.8 Å². The second-order valence-electron chi connectivity index (χ2n) is 3.95. The van der Waals surface area contributed by atoms with Crippen LogP contribution in [-0.2, 0) is 0 Å². The van der Waals surface area contributed by atoms with Gasteiger partial charge in [-0.1, -0.05) is 0 Å². The second-order valence-corrected chi connectivity index (χ2v) is 3.95. The van der Waals surface area contributed by atoms with Crippen LogP contribution < -0.4 is 10.1 Å². The minimum atomic E-state index is 0.584. The molecule has 0 bridgehead atoms. The predicted molar refractivity (Wildman–Crippen MR) is 73.6 cm³/mol. The fraction of sp³-hybridized carbons (Fsp3) is 0.0714. The van der Waals surface area contributed by atoms with Gasteiger partial charge in [-0.05, 0) is 30.3 Å². The highest BCUT2D eigenvalue weighted by atomic mass is 16.5. The first-order chi connectivity index (χ1) is 9.35. The van der Waals surface area contributed by atoms with Crippen molar-refractivity contribution < 1.29 is 4.74 Å². The van der Waals surface area contributed by atoms with Gasteiger partial charge < -0.3 is 10.1 Å². The smallest absolute Gasteiger partial charge is 0.213 e. The average Bonchev–Trinajstić information content (AvgIpc) is 2.48. The summed E-state index contributed by atoms with van der Waals surface area (Å²) in [5.74, 6) is 1.34. The lowest BCUT2D eigenvalue weighted by Gasteiger charge is -2.06. The van der Waals surface area contributed by atoms with Crippen LogP contribution in [0.1, 0.15) is 0 Å². The van der Waals surface area contributed by atoms with Gasteiger partial charge in [0.25, 0.3) is 0 Å². The fourth-order valence-electron chi connectivity index (χ4n) is 1.75. The molecule has 0 aliphatic heterocycles. The molecule has 19 heavy (non-hydrogen) atoms. The Morgan fingerprint density at radius 1 is 1.00 bits per heavy atom. The van der Waals surface area contributed by atoms with Crippen molar-refractivity contribution in [2.75, 3.05) is 12.4 Å². The van der Waals surface area contributed by atoms with E-state index in [-0.39, 0.29) is 0 Å². The van der Waals surface area contributed by atoms with E-state index in [9.17, 15) is 0 Å². The topological polar surface area (TPSA) is 59.9 Å². The van der Waals surface area contributed by atoms with Gasteiger partial charge in [-0.2, -0.15) is 0 Å². The molecule has 0 radical (unpaired) electrons. The Labute approximate surface area is 110 Å². The lowest BCUT2D eigenvalue weighted by Crippen LogP contribution is -1.95. The number of methoxy groups -OCH3 is 1. The Hall–Kier alpha value is -2.69. The van der Waals surface area contributed by atoms with E-state index in [1.807, 2.05) is 30.3 Å². The molecule has 0 spiro atoms. The first-order valence-corrected chi connectivity index (χ1v) is 5.84. The number of nitrogens with zero attached hydrogens (tertiary/aromatic N) is 3. The van der Waals surface area contributed by atoms with E-state index in [2.05, 4.69) is 20.3 Å². The van der Waals surface area contributed by atoms with Gasteiger partial charge in [0.15, 0.2) is 0 Å². The van der Waals surface area contributed by atoms with Crippen molar-refractivity contribution in [1.29, 1.82) is 0 Å². The lowest BCUT2D eigenvalue weighted by atomic mass is 10.3. The molecule has 3 aromatic heterocycles. The van der Waals surface area contributed by atoms with Crippen LogP contribution in [0.4, 0.5) is 11.5 Å². The summed E-state index contributed by atoms with van der Waals surface area (Å²) >= 11 is 0. The SMILES string of the molecule is COc1ccc(Nc2ccc3ncccc3n2)cn1. The van der Waals surface area contributed by atoms with Crippen molar-refractivity contribution in [2.45, 2.75) is 0 Å². The molecule has 1 N–H and O–H groups in total. The quantitative estimate of drug-likeness (QED) is 0.776. The summed E-state index contributed by atoms with van der Waals surface area (Å²) in [7, 11) is 1.59. The van der Waals surface area contributed by atoms with Crippen LogP contribution in [0.5, 0.6) is 5.88 Å². The van der Waals surface area contributed by atoms with E-state index >= 15 is 0 Å². The van der Waals surface area contributed by atoms with Crippen molar-refractivity contribution in [3.63, 3.8) is 0 Å². The zero-order chi connectivity index (χ0) is 13.1. The summed E-state index contributed by atoms with van der Waals surface area (Å²) in [6.45, 7) is 0. The predicted octanol–water partition coefficient (Wildman–Crippen LogP) is 2.78. The van der Waals surface area contributed by atoms with Crippen molar-refractivity contribution in [1.82, 2.24) is 15.0 Å². The molecule has 0 saturated heterocycles. The summed E-state index contributed by atoms with van der Waals surface area (Å²) in [5.41, 5.74) is 2.59. The third-order valence-electron chi connectivity index (χ3n) is 2.67. The molecule has 3 heterocycles. The maximum atomic E-state index is 5.01. The van der Waals surface area contributed by atoms with Crippen LogP contribution >= 0.6 is 0 Å². The molecule has 0 unspecified atom stereocenters. The van der Waals surface area contributed by atoms with Crippen molar-refractivity contribution in [2.24, 2.45) is 0 Å². The van der Waals surface area contributed by atoms with Gasteiger partial charge in [-0.15, -0.1) is 0 Å². The van der Waals surface area contributed by atoms with Gasteiger partial charge in [-0.3, -0.25) is 4.98 Å². The number of aromatic nitrogens is 3. The molecule has 5 nitrogen and oxygen atoms in total. The highest BCUT2D eigenvalue weighted by Gasteiger charge is 2.00. The Kier molecular flexibility index (Phi) is 2.94. The minimum absolute atomic E-state index is 0.584. The van der Waals surface area contributed by atoms with Gasteiger partial charge in [0, 0.05) is 12.3 Å². The third-order valence-corrected chi connectivity index (χ3v) is 2.67. The summed E-state index contributed by atoms with van der Waals surface area (Å²) in [5, 5.41) is 3.19. The summed E-state index contributed by atoms with van der Waals surface area (Å²) < 4.78 is 5.01. The van der Waals surface area contributed by atoms with E-state index < -0.39 is 0 Å². The molecule has 0 aliphatic carbocycles. The van der Waals surface area contributed by atoms with Gasteiger partial charge >= 0.3 is 0 Å². The largest absolute Gasteiger partial charge is 0.481 e. The molecule has 0 fully saturated rings. The van der Waals surface area contributed by atoms with Crippen LogP contribution in [-0.4, -0.2) is 22.1 Å². The van der Waals surface area contributed by atoms with E-state index in [0.29, 0.717) is 5.88 Å². The fourth-order valence-corrected chi connectivity index (χ4v) is 1.75. The first kappa shape index (κ1) is 11.4. The van der Waals surface area contributed by atoms with Gasteiger partial charge in [0.1, 0.15) is 5.82 Å². The molecule has 3 rings (SSSR count). The summed E-state index contributed by atoms with van der Waals surface area (Å²) in [4.78, 5) is 12.8. The standard InChI is InChI=1S/C14H12N4O/c1-19-14-7-4-10(9-16-14)17-13-6-5-11-12(18-13)3-2-8-15-11/h2-9H,1H3,(H,17,18). The molecule has 0 saturated carbocycles. The molecule has 3 aromatic rings. The maximum Gasteiger partial charge on any atom is 0.213 e. The van der Waals surface area contributed by atoms with Crippen LogP contribution in [0.3, 0.4) is 0 Å². The number of nitrogens with one attached hydrogen (secondary N) is 1. The van der Waals surface area contributed by atoms with Crippen LogP contribution in [0, 0.1) is 0 Å². The molecule has 5 heteroatoms. The molecule has 0 aromatic carbocycles. The van der Waals surface area contributed by atoms with E-state index in [0.717, 1.165) is 22.5 Å². The van der Waals surface area contributed by atoms with Crippen LogP contribution in [0.2, 0.25) is 0 Å². The number of hydrogen-bond donors (Lipinski definition) is 1. The normalized spacial score (nSPS) is 10.4. The third kappa shape index (κ3) is 2.44. The molecule has 0 amide bonds. The Morgan fingerprint density at radius 3 is 2.74 bits per heavy atom. The second kappa shape index (κ2) is 4.89. The number of anilines is 2.